The van der Waals surface area contributed by atoms with Crippen molar-refractivity contribution in [1.82, 2.24) is 9.97 Å². The van der Waals surface area contributed by atoms with Crippen LogP contribution in [0.3, 0.4) is 0 Å². The highest BCUT2D eigenvalue weighted by atomic mass is 16.1. The van der Waals surface area contributed by atoms with E-state index >= 15 is 0 Å². The van der Waals surface area contributed by atoms with Gasteiger partial charge in [-0.2, -0.15) is 0 Å². The van der Waals surface area contributed by atoms with Gasteiger partial charge >= 0.3 is 0 Å². The van der Waals surface area contributed by atoms with Crippen molar-refractivity contribution in [2.24, 2.45) is 5.73 Å². The number of rotatable bonds is 4. The van der Waals surface area contributed by atoms with Gasteiger partial charge in [-0.15, -0.1) is 0 Å². The highest BCUT2D eigenvalue weighted by Crippen LogP contribution is 2.25. The van der Waals surface area contributed by atoms with Crippen molar-refractivity contribution in [2.75, 3.05) is 0 Å². The molecule has 1 aromatic heterocycles. The van der Waals surface area contributed by atoms with Gasteiger partial charge in [-0.3, -0.25) is 4.79 Å². The topological polar surface area (TPSA) is 71.8 Å². The number of amides is 1. The van der Waals surface area contributed by atoms with Gasteiger partial charge in [0.1, 0.15) is 5.82 Å². The van der Waals surface area contributed by atoms with Crippen LogP contribution >= 0.6 is 0 Å². The van der Waals surface area contributed by atoms with Crippen molar-refractivity contribution in [3.05, 3.63) is 89.2 Å². The average molecular weight is 396 g/mol. The molecule has 0 radical (unpaired) electrons. The monoisotopic (exact) mass is 395 g/mol. The zero-order valence-corrected chi connectivity index (χ0v) is 17.4. The SMILES string of the molecule is CC(C)(C)c1ccc(C=Cc2nc3cc(-c4ccc(C(N)=O)cc4)ccc3[nH]2)cc1. The van der Waals surface area contributed by atoms with Crippen LogP contribution in [0, 0.1) is 0 Å². The van der Waals surface area contributed by atoms with E-state index in [1.165, 1.54) is 5.56 Å². The number of nitrogens with zero attached hydrogens (tertiary/aromatic N) is 1. The Bertz CT molecular complexity index is 1220. The highest BCUT2D eigenvalue weighted by molar-refractivity contribution is 5.93. The van der Waals surface area contributed by atoms with Gasteiger partial charge in [0.15, 0.2) is 0 Å². The Morgan fingerprint density at radius 3 is 2.20 bits per heavy atom. The third kappa shape index (κ3) is 4.18. The lowest BCUT2D eigenvalue weighted by atomic mass is 9.87. The summed E-state index contributed by atoms with van der Waals surface area (Å²) in [5, 5.41) is 0. The molecule has 4 heteroatoms. The minimum atomic E-state index is -0.422. The van der Waals surface area contributed by atoms with Crippen LogP contribution in [0.15, 0.2) is 66.7 Å². The van der Waals surface area contributed by atoms with E-state index in [1.54, 1.807) is 12.1 Å². The molecule has 4 nitrogen and oxygen atoms in total. The quantitative estimate of drug-likeness (QED) is 0.458. The summed E-state index contributed by atoms with van der Waals surface area (Å²) in [6.45, 7) is 6.64. The van der Waals surface area contributed by atoms with Crippen LogP contribution < -0.4 is 5.73 Å². The fourth-order valence-corrected chi connectivity index (χ4v) is 3.38. The Morgan fingerprint density at radius 1 is 0.900 bits per heavy atom. The molecule has 4 rings (SSSR count). The second-order valence-electron chi connectivity index (χ2n) is 8.50. The minimum absolute atomic E-state index is 0.152. The number of imidazole rings is 1. The predicted molar refractivity (Wildman–Crippen MR) is 124 cm³/mol. The van der Waals surface area contributed by atoms with E-state index in [1.807, 2.05) is 36.4 Å². The van der Waals surface area contributed by atoms with Crippen molar-refractivity contribution in [3.63, 3.8) is 0 Å². The maximum Gasteiger partial charge on any atom is 0.248 e. The summed E-state index contributed by atoms with van der Waals surface area (Å²) in [5.41, 5.74) is 12.4. The molecule has 30 heavy (non-hydrogen) atoms. The second-order valence-corrected chi connectivity index (χ2v) is 8.50. The molecule has 0 bridgehead atoms. The van der Waals surface area contributed by atoms with Crippen LogP contribution in [0.25, 0.3) is 34.3 Å². The molecule has 0 aliphatic heterocycles. The molecule has 3 aromatic carbocycles. The van der Waals surface area contributed by atoms with Gasteiger partial charge in [0.25, 0.3) is 0 Å². The average Bonchev–Trinajstić information content (AvgIpc) is 3.14. The number of carbonyl (C=O) groups is 1. The van der Waals surface area contributed by atoms with Gasteiger partial charge < -0.3 is 10.7 Å². The van der Waals surface area contributed by atoms with Crippen molar-refractivity contribution < 1.29 is 4.79 Å². The minimum Gasteiger partial charge on any atom is -0.366 e. The fourth-order valence-electron chi connectivity index (χ4n) is 3.38. The van der Waals surface area contributed by atoms with Crippen LogP contribution in [0.1, 0.15) is 48.1 Å². The summed E-state index contributed by atoms with van der Waals surface area (Å²) in [4.78, 5) is 19.3. The Hall–Kier alpha value is -3.66. The van der Waals surface area contributed by atoms with E-state index in [0.717, 1.165) is 33.5 Å². The molecule has 0 fully saturated rings. The molecule has 0 unspecified atom stereocenters. The normalized spacial score (nSPS) is 12.0. The van der Waals surface area contributed by atoms with Crippen LogP contribution in [-0.2, 0) is 5.41 Å². The Labute approximate surface area is 176 Å². The van der Waals surface area contributed by atoms with Crippen molar-refractivity contribution in [1.29, 1.82) is 0 Å². The van der Waals surface area contributed by atoms with Crippen LogP contribution in [-0.4, -0.2) is 15.9 Å². The lowest BCUT2D eigenvalue weighted by Gasteiger charge is -2.18. The summed E-state index contributed by atoms with van der Waals surface area (Å²) in [6.07, 6.45) is 4.06. The number of benzene rings is 3. The number of carbonyl (C=O) groups excluding carboxylic acids is 1. The zero-order chi connectivity index (χ0) is 21.3. The maximum atomic E-state index is 11.3. The summed E-state index contributed by atoms with van der Waals surface area (Å²) < 4.78 is 0. The molecular formula is C26H25N3O. The third-order valence-electron chi connectivity index (χ3n) is 5.21. The standard InChI is InChI=1S/C26H25N3O/c1-26(2,3)21-12-4-17(5-13-21)6-15-24-28-22-14-11-20(16-23(22)29-24)18-7-9-19(10-8-18)25(27)30/h4-16H,1-3H3,(H2,27,30)(H,28,29). The predicted octanol–water partition coefficient (Wildman–Crippen LogP) is 5.80. The van der Waals surface area contributed by atoms with Crippen LogP contribution in [0.4, 0.5) is 0 Å². The molecule has 0 saturated heterocycles. The summed E-state index contributed by atoms with van der Waals surface area (Å²) in [5.74, 6) is 0.389. The molecule has 0 saturated carbocycles. The summed E-state index contributed by atoms with van der Waals surface area (Å²) >= 11 is 0. The number of fused-ring (bicyclic) bond motifs is 1. The number of H-pyrrole nitrogens is 1. The van der Waals surface area contributed by atoms with Crippen molar-refractivity contribution in [2.45, 2.75) is 26.2 Å². The van der Waals surface area contributed by atoms with Crippen molar-refractivity contribution >= 4 is 29.1 Å². The molecular weight excluding hydrogens is 370 g/mol. The number of hydrogen-bond donors (Lipinski definition) is 2. The number of aromatic amines is 1. The Kier molecular flexibility index (Phi) is 5.00. The molecule has 0 spiro atoms. The van der Waals surface area contributed by atoms with E-state index in [-0.39, 0.29) is 5.41 Å². The molecule has 150 valence electrons. The first-order chi connectivity index (χ1) is 14.3. The van der Waals surface area contributed by atoms with E-state index < -0.39 is 5.91 Å². The Balaban J connectivity index is 1.56. The summed E-state index contributed by atoms with van der Waals surface area (Å²) in [7, 11) is 0. The van der Waals surface area contributed by atoms with Gasteiger partial charge in [-0.05, 0) is 58.0 Å². The molecule has 4 aromatic rings. The van der Waals surface area contributed by atoms with Gasteiger partial charge in [-0.1, -0.05) is 69.3 Å². The largest absolute Gasteiger partial charge is 0.366 e. The lowest BCUT2D eigenvalue weighted by molar-refractivity contribution is 0.100. The second kappa shape index (κ2) is 7.64. The first kappa shape index (κ1) is 19.6. The molecule has 1 amide bonds. The fraction of sp³-hybridized carbons (Fsp3) is 0.154. The molecule has 0 aliphatic carbocycles. The number of hydrogen-bond acceptors (Lipinski definition) is 2. The number of nitrogens with two attached hydrogens (primary N) is 1. The van der Waals surface area contributed by atoms with Crippen molar-refractivity contribution in [3.8, 4) is 11.1 Å². The molecule has 3 N–H and O–H groups in total. The molecule has 1 heterocycles. The molecule has 0 atom stereocenters. The highest BCUT2D eigenvalue weighted by Gasteiger charge is 2.12. The number of primary amides is 1. The summed E-state index contributed by atoms with van der Waals surface area (Å²) in [6, 6.07) is 22.0. The van der Waals surface area contributed by atoms with Crippen LogP contribution in [0.5, 0.6) is 0 Å². The smallest absolute Gasteiger partial charge is 0.248 e. The third-order valence-corrected chi connectivity index (χ3v) is 5.21. The first-order valence-corrected chi connectivity index (χ1v) is 9.98. The first-order valence-electron chi connectivity index (χ1n) is 9.98. The number of nitrogens with one attached hydrogen (secondary N) is 1. The van der Waals surface area contributed by atoms with Crippen LogP contribution in [0.2, 0.25) is 0 Å². The lowest BCUT2D eigenvalue weighted by Crippen LogP contribution is -2.10. The Morgan fingerprint density at radius 2 is 1.57 bits per heavy atom. The van der Waals surface area contributed by atoms with Gasteiger partial charge in [-0.25, -0.2) is 4.98 Å². The van der Waals surface area contributed by atoms with E-state index in [9.17, 15) is 4.79 Å². The maximum absolute atomic E-state index is 11.3. The zero-order valence-electron chi connectivity index (χ0n) is 17.4. The van der Waals surface area contributed by atoms with Gasteiger partial charge in [0.05, 0.1) is 11.0 Å². The van der Waals surface area contributed by atoms with Gasteiger partial charge in [0.2, 0.25) is 5.91 Å². The number of aromatic nitrogens is 2. The van der Waals surface area contributed by atoms with E-state index in [0.29, 0.717) is 5.56 Å². The van der Waals surface area contributed by atoms with Gasteiger partial charge in [0, 0.05) is 5.56 Å². The van der Waals surface area contributed by atoms with E-state index in [2.05, 4.69) is 56.1 Å². The van der Waals surface area contributed by atoms with E-state index in [4.69, 9.17) is 10.7 Å². The molecule has 0 aliphatic rings.